The van der Waals surface area contributed by atoms with E-state index in [1.54, 1.807) is 18.4 Å². The van der Waals surface area contributed by atoms with Gasteiger partial charge in [-0.15, -0.1) is 5.10 Å². The number of rotatable bonds is 5. The van der Waals surface area contributed by atoms with Gasteiger partial charge in [0, 0.05) is 0 Å². The Morgan fingerprint density at radius 3 is 2.53 bits per heavy atom. The van der Waals surface area contributed by atoms with Gasteiger partial charge in [0.1, 0.15) is 0 Å². The summed E-state index contributed by atoms with van der Waals surface area (Å²) in [6.07, 6.45) is 4.89. The Morgan fingerprint density at radius 2 is 1.95 bits per heavy atom. The Kier molecular flexibility index (Phi) is 5.61. The number of hydrogen-bond acceptors (Lipinski definition) is 4. The molecule has 0 aliphatic heterocycles. The highest BCUT2D eigenvalue weighted by Gasteiger charge is 1.92. The Hall–Kier alpha value is -2.83. The quantitative estimate of drug-likeness (QED) is 0.262. The van der Waals surface area contributed by atoms with Crippen molar-refractivity contribution in [2.45, 2.75) is 6.42 Å². The second-order valence-electron chi connectivity index (χ2n) is 3.55. The predicted molar refractivity (Wildman–Crippen MR) is 74.3 cm³/mol. The van der Waals surface area contributed by atoms with Crippen LogP contribution in [0.4, 0.5) is 0 Å². The van der Waals surface area contributed by atoms with Gasteiger partial charge in [0.05, 0.1) is 12.6 Å². The van der Waals surface area contributed by atoms with E-state index in [1.807, 2.05) is 24.3 Å². The largest absolute Gasteiger partial charge is 0.481 e. The highest BCUT2D eigenvalue weighted by atomic mass is 16.4. The van der Waals surface area contributed by atoms with Crippen LogP contribution < -0.4 is 17.0 Å². The number of nitrogens with two attached hydrogens (primary N) is 2. The van der Waals surface area contributed by atoms with Crippen LogP contribution in [-0.2, 0) is 4.79 Å². The summed E-state index contributed by atoms with van der Waals surface area (Å²) in [5.41, 5.74) is 9.48. The molecule has 19 heavy (non-hydrogen) atoms. The van der Waals surface area contributed by atoms with Crippen molar-refractivity contribution in [1.82, 2.24) is 5.43 Å². The number of nitrogens with zero attached hydrogens (tertiary/aromatic N) is 2. The number of hydrogen-bond donors (Lipinski definition) is 4. The van der Waals surface area contributed by atoms with E-state index in [4.69, 9.17) is 16.7 Å². The molecule has 0 radical (unpaired) electrons. The number of carboxylic acids is 1. The molecule has 6 N–H and O–H groups in total. The smallest absolute Gasteiger partial charge is 0.307 e. The number of guanidine groups is 1. The first-order chi connectivity index (χ1) is 9.11. The molecule has 0 spiro atoms. The normalized spacial score (nSPS) is 12.1. The molecular weight excluding hydrogens is 246 g/mol. The maximum absolute atomic E-state index is 10.3. The molecular formula is C12H15N5O2. The van der Waals surface area contributed by atoms with Gasteiger partial charge in [-0.25, -0.2) is 5.43 Å². The zero-order valence-corrected chi connectivity index (χ0v) is 10.2. The van der Waals surface area contributed by atoms with Gasteiger partial charge in [0.2, 0.25) is 5.96 Å². The SMILES string of the molecule is NN=C(N)NN=Cc1ccc(C=CCC(=O)O)cc1. The maximum Gasteiger partial charge on any atom is 0.307 e. The van der Waals surface area contributed by atoms with E-state index in [-0.39, 0.29) is 12.4 Å². The fourth-order valence-corrected chi connectivity index (χ4v) is 1.19. The van der Waals surface area contributed by atoms with E-state index in [1.165, 1.54) is 0 Å². The van der Waals surface area contributed by atoms with Crippen LogP contribution >= 0.6 is 0 Å². The second-order valence-corrected chi connectivity index (χ2v) is 3.55. The average Bonchev–Trinajstić information content (AvgIpc) is 2.40. The molecule has 7 nitrogen and oxygen atoms in total. The van der Waals surface area contributed by atoms with Gasteiger partial charge in [-0.3, -0.25) is 4.79 Å². The molecule has 0 aliphatic rings. The maximum atomic E-state index is 10.3. The summed E-state index contributed by atoms with van der Waals surface area (Å²) < 4.78 is 0. The minimum atomic E-state index is -0.856. The average molecular weight is 261 g/mol. The fraction of sp³-hybridized carbons (Fsp3) is 0.0833. The van der Waals surface area contributed by atoms with Crippen LogP contribution in [0.3, 0.4) is 0 Å². The number of benzene rings is 1. The molecule has 0 unspecified atom stereocenters. The van der Waals surface area contributed by atoms with Gasteiger partial charge < -0.3 is 16.7 Å². The summed E-state index contributed by atoms with van der Waals surface area (Å²) in [4.78, 5) is 10.3. The van der Waals surface area contributed by atoms with Gasteiger partial charge in [0.15, 0.2) is 0 Å². The lowest BCUT2D eigenvalue weighted by Crippen LogP contribution is -2.28. The first-order valence-corrected chi connectivity index (χ1v) is 5.42. The van der Waals surface area contributed by atoms with Gasteiger partial charge in [0.25, 0.3) is 0 Å². The first-order valence-electron chi connectivity index (χ1n) is 5.42. The number of nitrogens with one attached hydrogen (secondary N) is 1. The van der Waals surface area contributed by atoms with E-state index in [2.05, 4.69) is 15.6 Å². The standard InChI is InChI=1S/C12H15N5O2/c13-12(16-14)17-15-8-10-6-4-9(5-7-10)2-1-3-11(18)19/h1-2,4-8H,3,14H2,(H,18,19)(H3,13,16,17). The number of carboxylic acid groups (broad SMARTS) is 1. The van der Waals surface area contributed by atoms with Crippen LogP contribution in [0.2, 0.25) is 0 Å². The molecule has 1 aromatic rings. The summed E-state index contributed by atoms with van der Waals surface area (Å²) in [6, 6.07) is 7.36. The third-order valence-electron chi connectivity index (χ3n) is 2.07. The Balaban J connectivity index is 2.56. The van der Waals surface area contributed by atoms with E-state index < -0.39 is 5.97 Å². The summed E-state index contributed by atoms with van der Waals surface area (Å²) >= 11 is 0. The Bertz CT molecular complexity index is 505. The number of aliphatic carboxylic acids is 1. The van der Waals surface area contributed by atoms with E-state index >= 15 is 0 Å². The minimum Gasteiger partial charge on any atom is -0.481 e. The molecule has 0 fully saturated rings. The molecule has 0 amide bonds. The Labute approximate surface area is 110 Å². The Morgan fingerprint density at radius 1 is 1.32 bits per heavy atom. The molecule has 1 aromatic carbocycles. The number of hydrazone groups is 2. The molecule has 1 rings (SSSR count). The van der Waals surface area contributed by atoms with Gasteiger partial charge in [-0.1, -0.05) is 36.4 Å². The topological polar surface area (TPSA) is 126 Å². The van der Waals surface area contributed by atoms with Gasteiger partial charge in [-0.2, -0.15) is 5.10 Å². The minimum absolute atomic E-state index is 0.00479. The van der Waals surface area contributed by atoms with Gasteiger partial charge in [-0.05, 0) is 11.1 Å². The van der Waals surface area contributed by atoms with Crippen LogP contribution in [0.5, 0.6) is 0 Å². The van der Waals surface area contributed by atoms with Crippen LogP contribution in [0, 0.1) is 0 Å². The lowest BCUT2D eigenvalue weighted by atomic mass is 10.1. The van der Waals surface area contributed by atoms with Crippen molar-refractivity contribution in [3.63, 3.8) is 0 Å². The van der Waals surface area contributed by atoms with Crippen molar-refractivity contribution >= 4 is 24.2 Å². The van der Waals surface area contributed by atoms with Crippen molar-refractivity contribution in [2.75, 3.05) is 0 Å². The highest BCUT2D eigenvalue weighted by molar-refractivity contribution is 5.83. The van der Waals surface area contributed by atoms with E-state index in [0.29, 0.717) is 0 Å². The predicted octanol–water partition coefficient (Wildman–Crippen LogP) is 0.286. The lowest BCUT2D eigenvalue weighted by Gasteiger charge is -1.97. The molecule has 0 aliphatic carbocycles. The lowest BCUT2D eigenvalue weighted by molar-refractivity contribution is -0.135. The third kappa shape index (κ3) is 5.87. The zero-order valence-electron chi connectivity index (χ0n) is 10.2. The number of carbonyl (C=O) groups is 1. The second kappa shape index (κ2) is 7.49. The molecule has 0 heterocycles. The van der Waals surface area contributed by atoms with Gasteiger partial charge >= 0.3 is 5.97 Å². The third-order valence-corrected chi connectivity index (χ3v) is 2.07. The highest BCUT2D eigenvalue weighted by Crippen LogP contribution is 2.05. The fourth-order valence-electron chi connectivity index (χ4n) is 1.19. The monoisotopic (exact) mass is 261 g/mol. The van der Waals surface area contributed by atoms with Crippen molar-refractivity contribution in [3.05, 3.63) is 41.5 Å². The molecule has 7 heteroatoms. The summed E-state index contributed by atoms with van der Waals surface area (Å²) in [6.45, 7) is 0. The molecule has 0 saturated heterocycles. The van der Waals surface area contributed by atoms with Crippen molar-refractivity contribution in [1.29, 1.82) is 0 Å². The van der Waals surface area contributed by atoms with Crippen molar-refractivity contribution in [2.24, 2.45) is 21.8 Å². The molecule has 0 atom stereocenters. The van der Waals surface area contributed by atoms with E-state index in [9.17, 15) is 4.79 Å². The molecule has 0 saturated carbocycles. The van der Waals surface area contributed by atoms with E-state index in [0.717, 1.165) is 11.1 Å². The van der Waals surface area contributed by atoms with Crippen LogP contribution in [-0.4, -0.2) is 23.2 Å². The summed E-state index contributed by atoms with van der Waals surface area (Å²) in [5, 5.41) is 15.5. The van der Waals surface area contributed by atoms with Crippen molar-refractivity contribution < 1.29 is 9.90 Å². The van der Waals surface area contributed by atoms with Crippen molar-refractivity contribution in [3.8, 4) is 0 Å². The van der Waals surface area contributed by atoms with Crippen LogP contribution in [0.15, 0.2) is 40.5 Å². The molecule has 0 bridgehead atoms. The zero-order chi connectivity index (χ0) is 14.1. The molecule has 100 valence electrons. The summed E-state index contributed by atoms with van der Waals surface area (Å²) in [5.74, 6) is 4.08. The summed E-state index contributed by atoms with van der Waals surface area (Å²) in [7, 11) is 0. The van der Waals surface area contributed by atoms with Crippen LogP contribution in [0.25, 0.3) is 6.08 Å². The van der Waals surface area contributed by atoms with Crippen LogP contribution in [0.1, 0.15) is 17.5 Å². The molecule has 0 aromatic heterocycles. The first kappa shape index (κ1) is 14.2.